The van der Waals surface area contributed by atoms with E-state index in [4.69, 9.17) is 21.1 Å². The molecule has 1 aliphatic rings. The Hall–Kier alpha value is -3.04. The maximum atomic E-state index is 13.0. The number of hydrogen-bond acceptors (Lipinski definition) is 6. The second kappa shape index (κ2) is 7.66. The molecule has 0 saturated carbocycles. The number of anilines is 1. The second-order valence-electron chi connectivity index (χ2n) is 6.71. The molecule has 0 radical (unpaired) electrons. The molecule has 0 fully saturated rings. The van der Waals surface area contributed by atoms with Crippen LogP contribution < -0.4 is 14.8 Å². The van der Waals surface area contributed by atoms with Crippen molar-refractivity contribution in [2.24, 2.45) is 0 Å². The van der Waals surface area contributed by atoms with Crippen LogP contribution in [-0.2, 0) is 21.3 Å². The monoisotopic (exact) mass is 447 g/mol. The lowest BCUT2D eigenvalue weighted by atomic mass is 10.2. The molecule has 10 heteroatoms. The summed E-state index contributed by atoms with van der Waals surface area (Å²) in [6.45, 7) is 0. The predicted octanol–water partition coefficient (Wildman–Crippen LogP) is 3.22. The lowest BCUT2D eigenvalue weighted by molar-refractivity contribution is 0.102. The van der Waals surface area contributed by atoms with Gasteiger partial charge in [0.05, 0.1) is 42.7 Å². The van der Waals surface area contributed by atoms with Crippen molar-refractivity contribution in [3.8, 4) is 17.2 Å². The molecule has 0 saturated heterocycles. The van der Waals surface area contributed by atoms with Crippen LogP contribution in [-0.4, -0.2) is 38.3 Å². The molecule has 0 bridgehead atoms. The number of methoxy groups -OCH3 is 2. The Morgan fingerprint density at radius 3 is 2.50 bits per heavy atom. The number of nitrogens with one attached hydrogen (secondary N) is 1. The summed E-state index contributed by atoms with van der Waals surface area (Å²) in [6, 6.07) is 11.7. The van der Waals surface area contributed by atoms with Gasteiger partial charge in [-0.2, -0.15) is 5.10 Å². The van der Waals surface area contributed by atoms with E-state index < -0.39 is 15.7 Å². The molecule has 8 nitrogen and oxygen atoms in total. The highest BCUT2D eigenvalue weighted by molar-refractivity contribution is 7.90. The van der Waals surface area contributed by atoms with E-state index in [9.17, 15) is 13.2 Å². The Bertz CT molecular complexity index is 1240. The Labute approximate surface area is 178 Å². The lowest BCUT2D eigenvalue weighted by Crippen LogP contribution is -2.17. The smallest absolute Gasteiger partial charge is 0.260 e. The average Bonchev–Trinajstić information content (AvgIpc) is 3.20. The summed E-state index contributed by atoms with van der Waals surface area (Å²) in [5, 5.41) is 7.62. The molecule has 4 rings (SSSR count). The third kappa shape index (κ3) is 3.73. The number of carbonyl (C=O) groups excluding carboxylic acids is 1. The van der Waals surface area contributed by atoms with Crippen LogP contribution in [0.25, 0.3) is 5.69 Å². The molecule has 1 N–H and O–H groups in total. The van der Waals surface area contributed by atoms with Crippen molar-refractivity contribution in [2.75, 3.05) is 19.5 Å². The van der Waals surface area contributed by atoms with E-state index in [1.807, 2.05) is 0 Å². The van der Waals surface area contributed by atoms with E-state index >= 15 is 0 Å². The van der Waals surface area contributed by atoms with Crippen LogP contribution >= 0.6 is 11.6 Å². The van der Waals surface area contributed by atoms with E-state index in [1.54, 1.807) is 43.5 Å². The fourth-order valence-electron chi connectivity index (χ4n) is 3.31. The van der Waals surface area contributed by atoms with Gasteiger partial charge in [-0.05, 0) is 42.5 Å². The van der Waals surface area contributed by atoms with E-state index in [2.05, 4.69) is 10.4 Å². The summed E-state index contributed by atoms with van der Waals surface area (Å²) in [5.74, 6) is 0.446. The first-order valence-electron chi connectivity index (χ1n) is 8.92. The highest BCUT2D eigenvalue weighted by Gasteiger charge is 2.33. The van der Waals surface area contributed by atoms with E-state index in [1.165, 1.54) is 17.9 Å². The van der Waals surface area contributed by atoms with Crippen molar-refractivity contribution < 1.29 is 22.7 Å². The molecule has 0 atom stereocenters. The van der Waals surface area contributed by atoms with Gasteiger partial charge in [0.25, 0.3) is 5.91 Å². The van der Waals surface area contributed by atoms with Gasteiger partial charge in [0.2, 0.25) is 0 Å². The number of hydrogen-bond donors (Lipinski definition) is 1. The van der Waals surface area contributed by atoms with E-state index in [0.29, 0.717) is 39.3 Å². The maximum Gasteiger partial charge on any atom is 0.260 e. The van der Waals surface area contributed by atoms with Gasteiger partial charge < -0.3 is 14.8 Å². The average molecular weight is 448 g/mol. The van der Waals surface area contributed by atoms with E-state index in [0.717, 1.165) is 0 Å². The summed E-state index contributed by atoms with van der Waals surface area (Å²) in [4.78, 5) is 13.0. The van der Waals surface area contributed by atoms with Crippen molar-refractivity contribution >= 4 is 33.2 Å². The molecule has 3 aromatic rings. The minimum Gasteiger partial charge on any atom is -0.497 e. The van der Waals surface area contributed by atoms with Crippen LogP contribution in [0.4, 0.5) is 5.82 Å². The van der Waals surface area contributed by atoms with Crippen molar-refractivity contribution in [1.82, 2.24) is 9.78 Å². The van der Waals surface area contributed by atoms with Crippen molar-refractivity contribution in [1.29, 1.82) is 0 Å². The van der Waals surface area contributed by atoms with Gasteiger partial charge in [0, 0.05) is 10.6 Å². The Morgan fingerprint density at radius 1 is 1.10 bits per heavy atom. The molecular weight excluding hydrogens is 430 g/mol. The number of halogens is 1. The van der Waals surface area contributed by atoms with Crippen LogP contribution in [0.3, 0.4) is 0 Å². The molecule has 156 valence electrons. The summed E-state index contributed by atoms with van der Waals surface area (Å²) >= 11 is 6.04. The molecule has 1 aliphatic heterocycles. The molecular formula is C20H18ClN3O5S. The van der Waals surface area contributed by atoms with Gasteiger partial charge >= 0.3 is 0 Å². The molecule has 30 heavy (non-hydrogen) atoms. The van der Waals surface area contributed by atoms with Crippen molar-refractivity contribution in [3.05, 3.63) is 64.3 Å². The summed E-state index contributed by atoms with van der Waals surface area (Å²) in [6.07, 6.45) is 0. The largest absolute Gasteiger partial charge is 0.497 e. The van der Waals surface area contributed by atoms with E-state index in [-0.39, 0.29) is 17.1 Å². The zero-order valence-electron chi connectivity index (χ0n) is 16.2. The summed E-state index contributed by atoms with van der Waals surface area (Å²) in [5.41, 5.74) is 1.76. The molecule has 0 aliphatic carbocycles. The SMILES string of the molecule is COc1ccc(-n2nc3c(c2NC(=O)c2cc(Cl)ccc2OC)CS(=O)(=O)C3)cc1. The Kier molecular flexibility index (Phi) is 5.17. The minimum absolute atomic E-state index is 0.172. The van der Waals surface area contributed by atoms with Crippen LogP contribution in [0.15, 0.2) is 42.5 Å². The van der Waals surface area contributed by atoms with Crippen LogP contribution in [0.1, 0.15) is 21.6 Å². The highest BCUT2D eigenvalue weighted by atomic mass is 35.5. The fraction of sp³-hybridized carbons (Fsp3) is 0.200. The molecule has 0 unspecified atom stereocenters. The zero-order chi connectivity index (χ0) is 21.5. The van der Waals surface area contributed by atoms with Crippen molar-refractivity contribution in [3.63, 3.8) is 0 Å². The normalized spacial score (nSPS) is 14.2. The molecule has 1 amide bonds. The first-order valence-corrected chi connectivity index (χ1v) is 11.1. The Balaban J connectivity index is 1.78. The number of sulfone groups is 1. The molecule has 2 heterocycles. The minimum atomic E-state index is -3.31. The van der Waals surface area contributed by atoms with Crippen LogP contribution in [0.2, 0.25) is 5.02 Å². The van der Waals surface area contributed by atoms with Gasteiger partial charge in [-0.1, -0.05) is 11.6 Å². The standard InChI is InChI=1S/C20H18ClN3O5S/c1-28-14-6-4-13(5-7-14)24-19(16-10-30(26,27)11-17(16)23-24)22-20(25)15-9-12(21)3-8-18(15)29-2/h3-9H,10-11H2,1-2H3,(H,22,25). The fourth-order valence-corrected chi connectivity index (χ4v) is 4.98. The third-order valence-electron chi connectivity index (χ3n) is 4.74. The van der Waals surface area contributed by atoms with Gasteiger partial charge in [-0.25, -0.2) is 13.1 Å². The van der Waals surface area contributed by atoms with Crippen molar-refractivity contribution in [2.45, 2.75) is 11.5 Å². The van der Waals surface area contributed by atoms with Gasteiger partial charge in [-0.3, -0.25) is 4.79 Å². The molecule has 2 aromatic carbocycles. The van der Waals surface area contributed by atoms with Crippen LogP contribution in [0, 0.1) is 0 Å². The summed E-state index contributed by atoms with van der Waals surface area (Å²) in [7, 11) is -0.295. The number of ether oxygens (including phenoxy) is 2. The number of fused-ring (bicyclic) bond motifs is 1. The number of amides is 1. The topological polar surface area (TPSA) is 99.5 Å². The second-order valence-corrected chi connectivity index (χ2v) is 9.22. The number of nitrogens with zero attached hydrogens (tertiary/aromatic N) is 2. The first kappa shape index (κ1) is 20.2. The number of rotatable bonds is 5. The summed E-state index contributed by atoms with van der Waals surface area (Å²) < 4.78 is 36.2. The Morgan fingerprint density at radius 2 is 1.83 bits per heavy atom. The predicted molar refractivity (Wildman–Crippen MR) is 112 cm³/mol. The van der Waals surface area contributed by atoms with Gasteiger partial charge in [0.15, 0.2) is 9.84 Å². The highest BCUT2D eigenvalue weighted by Crippen LogP contribution is 2.34. The zero-order valence-corrected chi connectivity index (χ0v) is 17.7. The molecule has 0 spiro atoms. The van der Waals surface area contributed by atoms with Gasteiger partial charge in [0.1, 0.15) is 17.3 Å². The quantitative estimate of drug-likeness (QED) is 0.644. The van der Waals surface area contributed by atoms with Gasteiger partial charge in [-0.15, -0.1) is 0 Å². The third-order valence-corrected chi connectivity index (χ3v) is 6.42. The maximum absolute atomic E-state index is 13.0. The number of carbonyl (C=O) groups is 1. The lowest BCUT2D eigenvalue weighted by Gasteiger charge is -2.13. The van der Waals surface area contributed by atoms with Crippen LogP contribution in [0.5, 0.6) is 11.5 Å². The first-order chi connectivity index (χ1) is 14.3. The number of aromatic nitrogens is 2. The molecule has 1 aromatic heterocycles. The number of benzene rings is 2.